The van der Waals surface area contributed by atoms with E-state index in [0.29, 0.717) is 13.2 Å². The summed E-state index contributed by atoms with van der Waals surface area (Å²) in [5, 5.41) is 16.2. The van der Waals surface area contributed by atoms with Crippen molar-refractivity contribution in [2.24, 2.45) is 11.5 Å². The van der Waals surface area contributed by atoms with Crippen LogP contribution in [0.25, 0.3) is 0 Å². The SMILES string of the molecule is CCCCCCCO.CCCCCCCOC(=O)[C@H](C)N.C[C@H](N)C(=O)O.Cl. The molecular weight excluding hydrogens is 384 g/mol. The van der Waals surface area contributed by atoms with Crippen molar-refractivity contribution in [2.45, 2.75) is 104 Å². The maximum atomic E-state index is 10.9. The van der Waals surface area contributed by atoms with Crippen LogP contribution in [0.5, 0.6) is 0 Å². The molecule has 172 valence electrons. The highest BCUT2D eigenvalue weighted by molar-refractivity contribution is 5.85. The summed E-state index contributed by atoms with van der Waals surface area (Å²) in [5.74, 6) is -1.26. The third kappa shape index (κ3) is 36.1. The number of carbonyl (C=O) groups is 2. The highest BCUT2D eigenvalue weighted by Gasteiger charge is 2.07. The van der Waals surface area contributed by atoms with Crippen LogP contribution in [0.1, 0.15) is 91.9 Å². The molecule has 0 saturated heterocycles. The van der Waals surface area contributed by atoms with Crippen molar-refractivity contribution in [2.75, 3.05) is 13.2 Å². The normalized spacial score (nSPS) is 11.5. The molecule has 0 aromatic rings. The molecule has 0 aliphatic heterocycles. The van der Waals surface area contributed by atoms with Crippen molar-refractivity contribution in [3.63, 3.8) is 0 Å². The number of esters is 1. The van der Waals surface area contributed by atoms with E-state index in [9.17, 15) is 9.59 Å². The number of carboxylic acids is 1. The Morgan fingerprint density at radius 1 is 0.821 bits per heavy atom. The van der Waals surface area contributed by atoms with Gasteiger partial charge >= 0.3 is 11.9 Å². The zero-order chi connectivity index (χ0) is 21.5. The van der Waals surface area contributed by atoms with Gasteiger partial charge in [0.15, 0.2) is 0 Å². The van der Waals surface area contributed by atoms with Gasteiger partial charge < -0.3 is 26.4 Å². The summed E-state index contributed by atoms with van der Waals surface area (Å²) in [6.45, 7) is 8.31. The Labute approximate surface area is 178 Å². The van der Waals surface area contributed by atoms with Crippen LogP contribution in [0.2, 0.25) is 0 Å². The van der Waals surface area contributed by atoms with Crippen molar-refractivity contribution in [1.29, 1.82) is 0 Å². The molecular formula is C20H45ClN2O5. The number of carboxylic acid groups (broad SMARTS) is 1. The Morgan fingerprint density at radius 3 is 1.54 bits per heavy atom. The van der Waals surface area contributed by atoms with Crippen LogP contribution in [-0.4, -0.2) is 47.4 Å². The molecule has 7 nitrogen and oxygen atoms in total. The molecule has 0 heterocycles. The molecule has 0 spiro atoms. The van der Waals surface area contributed by atoms with Crippen LogP contribution in [0, 0.1) is 0 Å². The van der Waals surface area contributed by atoms with E-state index < -0.39 is 18.1 Å². The average Bonchev–Trinajstić information content (AvgIpc) is 2.62. The highest BCUT2D eigenvalue weighted by atomic mass is 35.5. The standard InChI is InChI=1S/C10H21NO2.C7H16O.C3H7NO2.ClH/c1-3-4-5-6-7-8-13-10(12)9(2)11;1-2-3-4-5-6-7-8;1-2(4)3(5)6;/h9H,3-8,11H2,1-2H3;8H,2-7H2,1H3;2H,4H2,1H3,(H,5,6);1H/t9-;;2-;/m0.0./s1. The lowest BCUT2D eigenvalue weighted by atomic mass is 10.2. The first-order valence-corrected chi connectivity index (χ1v) is 10.3. The lowest BCUT2D eigenvalue weighted by molar-refractivity contribution is -0.145. The molecule has 0 saturated carbocycles. The lowest BCUT2D eigenvalue weighted by Gasteiger charge is -2.06. The minimum Gasteiger partial charge on any atom is -0.480 e. The molecule has 0 bridgehead atoms. The van der Waals surface area contributed by atoms with Gasteiger partial charge in [-0.25, -0.2) is 0 Å². The van der Waals surface area contributed by atoms with E-state index >= 15 is 0 Å². The Morgan fingerprint density at radius 2 is 1.21 bits per heavy atom. The number of rotatable bonds is 13. The minimum absolute atomic E-state index is 0. The summed E-state index contributed by atoms with van der Waals surface area (Å²) in [6.07, 6.45) is 11.9. The minimum atomic E-state index is -0.963. The molecule has 6 N–H and O–H groups in total. The van der Waals surface area contributed by atoms with E-state index in [-0.39, 0.29) is 18.4 Å². The molecule has 2 atom stereocenters. The quantitative estimate of drug-likeness (QED) is 0.259. The second-order valence-electron chi connectivity index (χ2n) is 6.64. The molecule has 0 aliphatic carbocycles. The number of halogens is 1. The first-order chi connectivity index (χ1) is 12.7. The van der Waals surface area contributed by atoms with Gasteiger partial charge in [-0.2, -0.15) is 0 Å². The van der Waals surface area contributed by atoms with Gasteiger partial charge in [-0.1, -0.05) is 65.2 Å². The van der Waals surface area contributed by atoms with Crippen molar-refractivity contribution in [1.82, 2.24) is 0 Å². The summed E-state index contributed by atoms with van der Waals surface area (Å²) in [5.41, 5.74) is 10.2. The number of nitrogens with two attached hydrogens (primary N) is 2. The Balaban J connectivity index is -0.000000165. The number of hydrogen-bond acceptors (Lipinski definition) is 6. The maximum absolute atomic E-state index is 10.9. The molecule has 0 aliphatic rings. The number of carbonyl (C=O) groups excluding carboxylic acids is 1. The van der Waals surface area contributed by atoms with E-state index in [1.807, 2.05) is 0 Å². The molecule has 28 heavy (non-hydrogen) atoms. The predicted octanol–water partition coefficient (Wildman–Crippen LogP) is 3.64. The summed E-state index contributed by atoms with van der Waals surface area (Å²) >= 11 is 0. The molecule has 0 unspecified atom stereocenters. The van der Waals surface area contributed by atoms with Crippen LogP contribution in [0.4, 0.5) is 0 Å². The summed E-state index contributed by atoms with van der Waals surface area (Å²) < 4.78 is 4.92. The Bertz CT molecular complexity index is 324. The Kier molecular flexibility index (Phi) is 35.0. The molecule has 0 aromatic heterocycles. The first kappa shape index (κ1) is 34.6. The number of aliphatic hydroxyl groups is 1. The van der Waals surface area contributed by atoms with E-state index in [1.165, 1.54) is 51.9 Å². The fraction of sp³-hybridized carbons (Fsp3) is 0.900. The number of ether oxygens (including phenoxy) is 1. The van der Waals surface area contributed by atoms with Crippen LogP contribution in [0.15, 0.2) is 0 Å². The monoisotopic (exact) mass is 428 g/mol. The van der Waals surface area contributed by atoms with Gasteiger partial charge in [0.2, 0.25) is 0 Å². The van der Waals surface area contributed by atoms with Gasteiger partial charge in [0.25, 0.3) is 0 Å². The van der Waals surface area contributed by atoms with Gasteiger partial charge in [0.1, 0.15) is 12.1 Å². The molecule has 8 heteroatoms. The largest absolute Gasteiger partial charge is 0.480 e. The van der Waals surface area contributed by atoms with E-state index in [1.54, 1.807) is 6.92 Å². The highest BCUT2D eigenvalue weighted by Crippen LogP contribution is 2.02. The van der Waals surface area contributed by atoms with Gasteiger partial charge in [0.05, 0.1) is 6.61 Å². The van der Waals surface area contributed by atoms with Gasteiger partial charge in [-0.3, -0.25) is 9.59 Å². The number of aliphatic carboxylic acids is 1. The molecule has 0 radical (unpaired) electrons. The second-order valence-corrected chi connectivity index (χ2v) is 6.64. The number of aliphatic hydroxyl groups excluding tert-OH is 1. The second kappa shape index (κ2) is 28.3. The van der Waals surface area contributed by atoms with Gasteiger partial charge in [0, 0.05) is 6.61 Å². The van der Waals surface area contributed by atoms with Crippen LogP contribution in [-0.2, 0) is 14.3 Å². The smallest absolute Gasteiger partial charge is 0.322 e. The van der Waals surface area contributed by atoms with Crippen molar-refractivity contribution in [3.8, 4) is 0 Å². The van der Waals surface area contributed by atoms with Crippen LogP contribution < -0.4 is 11.5 Å². The summed E-state index contributed by atoms with van der Waals surface area (Å²) in [4.78, 5) is 20.5. The van der Waals surface area contributed by atoms with Crippen molar-refractivity contribution >= 4 is 24.3 Å². The maximum Gasteiger partial charge on any atom is 0.322 e. The molecule has 0 aromatic carbocycles. The van der Waals surface area contributed by atoms with E-state index in [4.69, 9.17) is 26.4 Å². The molecule has 0 fully saturated rings. The van der Waals surface area contributed by atoms with E-state index in [0.717, 1.165) is 19.3 Å². The zero-order valence-electron chi connectivity index (χ0n) is 18.3. The Hall–Kier alpha value is -0.890. The van der Waals surface area contributed by atoms with Crippen molar-refractivity contribution in [3.05, 3.63) is 0 Å². The van der Waals surface area contributed by atoms with Crippen molar-refractivity contribution < 1.29 is 24.5 Å². The summed E-state index contributed by atoms with van der Waals surface area (Å²) in [7, 11) is 0. The lowest BCUT2D eigenvalue weighted by Crippen LogP contribution is -2.28. The topological polar surface area (TPSA) is 136 Å². The van der Waals surface area contributed by atoms with Crippen LogP contribution in [0.3, 0.4) is 0 Å². The zero-order valence-corrected chi connectivity index (χ0v) is 19.1. The fourth-order valence-electron chi connectivity index (χ4n) is 1.73. The summed E-state index contributed by atoms with van der Waals surface area (Å²) in [6, 6.07) is -1.22. The fourth-order valence-corrected chi connectivity index (χ4v) is 1.73. The third-order valence-electron chi connectivity index (χ3n) is 3.52. The average molecular weight is 429 g/mol. The first-order valence-electron chi connectivity index (χ1n) is 10.3. The van der Waals surface area contributed by atoms with E-state index in [2.05, 4.69) is 13.8 Å². The van der Waals surface area contributed by atoms with Gasteiger partial charge in [-0.15, -0.1) is 12.4 Å². The molecule has 0 rings (SSSR count). The number of hydrogen-bond donors (Lipinski definition) is 4. The number of unbranched alkanes of at least 4 members (excludes halogenated alkanes) is 8. The molecule has 0 amide bonds. The third-order valence-corrected chi connectivity index (χ3v) is 3.52. The van der Waals surface area contributed by atoms with Crippen LogP contribution >= 0.6 is 12.4 Å². The van der Waals surface area contributed by atoms with Gasteiger partial charge in [-0.05, 0) is 26.7 Å². The predicted molar refractivity (Wildman–Crippen MR) is 118 cm³/mol.